The number of fused-ring (bicyclic) bond motifs is 1. The zero-order chi connectivity index (χ0) is 31.0. The topological polar surface area (TPSA) is 114 Å². The Bertz CT molecular complexity index is 1680. The molecule has 4 heterocycles. The summed E-state index contributed by atoms with van der Waals surface area (Å²) in [5.74, 6) is -0.189. The molecule has 11 heteroatoms. The second-order valence-corrected chi connectivity index (χ2v) is 12.3. The fourth-order valence-electron chi connectivity index (χ4n) is 5.67. The third kappa shape index (κ3) is 6.19. The molecule has 2 fully saturated rings. The van der Waals surface area contributed by atoms with Gasteiger partial charge in [0.1, 0.15) is 11.2 Å². The van der Waals surface area contributed by atoms with Crippen molar-refractivity contribution in [2.45, 2.75) is 52.2 Å². The Labute approximate surface area is 257 Å². The predicted molar refractivity (Wildman–Crippen MR) is 171 cm³/mol. The summed E-state index contributed by atoms with van der Waals surface area (Å²) < 4.78 is 12.5. The summed E-state index contributed by atoms with van der Waals surface area (Å²) in [4.78, 5) is 40.4. The number of carbonyl (C=O) groups excluding carboxylic acids is 2. The number of anilines is 4. The summed E-state index contributed by atoms with van der Waals surface area (Å²) >= 11 is 0. The van der Waals surface area contributed by atoms with Crippen LogP contribution in [0.3, 0.4) is 0 Å². The molecule has 230 valence electrons. The molecule has 0 unspecified atom stereocenters. The summed E-state index contributed by atoms with van der Waals surface area (Å²) in [5, 5.41) is 7.08. The van der Waals surface area contributed by atoms with Gasteiger partial charge < -0.3 is 25.0 Å². The average molecular weight is 598 g/mol. The van der Waals surface area contributed by atoms with Crippen LogP contribution in [0.4, 0.5) is 27.5 Å². The Morgan fingerprint density at radius 2 is 1.68 bits per heavy atom. The first-order valence-electron chi connectivity index (χ1n) is 15.0. The van der Waals surface area contributed by atoms with Gasteiger partial charge >= 0.3 is 6.09 Å². The monoisotopic (exact) mass is 597 g/mol. The quantitative estimate of drug-likeness (QED) is 0.272. The van der Waals surface area contributed by atoms with Crippen molar-refractivity contribution in [1.82, 2.24) is 19.4 Å². The van der Waals surface area contributed by atoms with Gasteiger partial charge in [-0.3, -0.25) is 19.2 Å². The Hall–Kier alpha value is -4.64. The third-order valence-electron chi connectivity index (χ3n) is 7.97. The van der Waals surface area contributed by atoms with E-state index in [-0.39, 0.29) is 17.4 Å². The molecule has 2 aliphatic rings. The van der Waals surface area contributed by atoms with Crippen LogP contribution in [-0.4, -0.2) is 76.4 Å². The second kappa shape index (κ2) is 11.8. The summed E-state index contributed by atoms with van der Waals surface area (Å²) in [7, 11) is 1.48. The van der Waals surface area contributed by atoms with E-state index in [1.54, 1.807) is 24.7 Å². The van der Waals surface area contributed by atoms with Crippen LogP contribution in [0.25, 0.3) is 10.9 Å². The van der Waals surface area contributed by atoms with Crippen LogP contribution >= 0.6 is 0 Å². The summed E-state index contributed by atoms with van der Waals surface area (Å²) in [6.45, 7) is 11.5. The highest BCUT2D eigenvalue weighted by Gasteiger charge is 2.31. The van der Waals surface area contributed by atoms with E-state index in [1.807, 2.05) is 58.0 Å². The normalized spacial score (nSPS) is 15.7. The van der Waals surface area contributed by atoms with Gasteiger partial charge in [0, 0.05) is 61.4 Å². The summed E-state index contributed by atoms with van der Waals surface area (Å²) in [5.41, 5.74) is 3.79. The number of benzene rings is 1. The first-order chi connectivity index (χ1) is 21.1. The van der Waals surface area contributed by atoms with Crippen molar-refractivity contribution in [2.75, 3.05) is 48.8 Å². The number of pyridine rings is 2. The standard InChI is InChI=1S/C33H39N7O4/c1-21-29-25(13-15-40(29)32(42)44-33(2,3)4)27(20-35-21)37-26-12-14-34-31(43-5)28(26)30(41)36-22-6-8-23(9-7-22)38-16-18-39(19-17-38)24-10-11-24/h6-9,12-15,20,24H,10-11,16-19H2,1-5H3,(H,34,37)(H,36,41). The number of aromatic nitrogens is 3. The number of ether oxygens (including phenoxy) is 2. The number of nitrogens with zero attached hydrogens (tertiary/aromatic N) is 5. The van der Waals surface area contributed by atoms with E-state index in [1.165, 1.54) is 24.5 Å². The van der Waals surface area contributed by atoms with E-state index in [0.29, 0.717) is 28.3 Å². The van der Waals surface area contributed by atoms with E-state index in [2.05, 4.69) is 30.4 Å². The molecule has 6 rings (SSSR count). The number of piperazine rings is 1. The highest BCUT2D eigenvalue weighted by molar-refractivity contribution is 6.11. The first kappa shape index (κ1) is 29.4. The number of aryl methyl sites for hydroxylation is 1. The van der Waals surface area contributed by atoms with Gasteiger partial charge in [0.05, 0.1) is 35.9 Å². The lowest BCUT2D eigenvalue weighted by molar-refractivity contribution is 0.0544. The molecule has 4 aromatic rings. The maximum Gasteiger partial charge on any atom is 0.419 e. The van der Waals surface area contributed by atoms with Crippen molar-refractivity contribution in [2.24, 2.45) is 0 Å². The Balaban J connectivity index is 1.22. The Morgan fingerprint density at radius 1 is 0.955 bits per heavy atom. The van der Waals surface area contributed by atoms with Gasteiger partial charge in [0.25, 0.3) is 5.91 Å². The highest BCUT2D eigenvalue weighted by Crippen LogP contribution is 2.33. The van der Waals surface area contributed by atoms with E-state index < -0.39 is 11.7 Å². The number of methoxy groups -OCH3 is 1. The van der Waals surface area contributed by atoms with Gasteiger partial charge in [-0.15, -0.1) is 0 Å². The van der Waals surface area contributed by atoms with Crippen LogP contribution in [0.5, 0.6) is 5.88 Å². The molecule has 0 atom stereocenters. The van der Waals surface area contributed by atoms with Crippen molar-refractivity contribution in [1.29, 1.82) is 0 Å². The van der Waals surface area contributed by atoms with E-state index >= 15 is 0 Å². The van der Waals surface area contributed by atoms with Gasteiger partial charge in [0.2, 0.25) is 5.88 Å². The lowest BCUT2D eigenvalue weighted by atomic mass is 10.1. The van der Waals surface area contributed by atoms with Gasteiger partial charge in [-0.2, -0.15) is 0 Å². The maximum atomic E-state index is 13.7. The average Bonchev–Trinajstić information content (AvgIpc) is 3.75. The fourth-order valence-corrected chi connectivity index (χ4v) is 5.67. The highest BCUT2D eigenvalue weighted by atomic mass is 16.6. The Kier molecular flexibility index (Phi) is 7.89. The van der Waals surface area contributed by atoms with Gasteiger partial charge in [-0.05, 0) is 76.9 Å². The molecule has 1 saturated heterocycles. The van der Waals surface area contributed by atoms with Crippen molar-refractivity contribution in [3.05, 3.63) is 66.2 Å². The van der Waals surface area contributed by atoms with Crippen LogP contribution in [0.2, 0.25) is 0 Å². The zero-order valence-corrected chi connectivity index (χ0v) is 25.9. The SMILES string of the molecule is COc1nccc(Nc2cnc(C)c3c2ccn3C(=O)OC(C)(C)C)c1C(=O)Nc1ccc(N2CCN(C3CC3)CC2)cc1. The minimum atomic E-state index is -0.647. The van der Waals surface area contributed by atoms with Crippen LogP contribution in [0.15, 0.2) is 55.0 Å². The number of rotatable bonds is 7. The van der Waals surface area contributed by atoms with Gasteiger partial charge in [-0.1, -0.05) is 0 Å². The molecule has 1 saturated carbocycles. The summed E-state index contributed by atoms with van der Waals surface area (Å²) in [6.07, 6.45) is 7.08. The van der Waals surface area contributed by atoms with Crippen molar-refractivity contribution in [3.8, 4) is 5.88 Å². The molecule has 0 radical (unpaired) electrons. The minimum Gasteiger partial charge on any atom is -0.480 e. The van der Waals surface area contributed by atoms with Crippen molar-refractivity contribution in [3.63, 3.8) is 0 Å². The fraction of sp³-hybridized carbons (Fsp3) is 0.394. The molecule has 2 N–H and O–H groups in total. The Morgan fingerprint density at radius 3 is 2.34 bits per heavy atom. The minimum absolute atomic E-state index is 0.181. The lowest BCUT2D eigenvalue weighted by Crippen LogP contribution is -2.47. The van der Waals surface area contributed by atoms with Crippen LogP contribution in [-0.2, 0) is 4.74 Å². The summed E-state index contributed by atoms with van der Waals surface area (Å²) in [6, 6.07) is 12.3. The molecule has 3 aromatic heterocycles. The number of hydrogen-bond donors (Lipinski definition) is 2. The zero-order valence-electron chi connectivity index (χ0n) is 25.9. The lowest BCUT2D eigenvalue weighted by Gasteiger charge is -2.36. The number of carbonyl (C=O) groups is 2. The van der Waals surface area contributed by atoms with Gasteiger partial charge in [0.15, 0.2) is 0 Å². The molecule has 1 aromatic carbocycles. The van der Waals surface area contributed by atoms with Crippen LogP contribution in [0.1, 0.15) is 49.7 Å². The molecule has 1 amide bonds. The van der Waals surface area contributed by atoms with Crippen molar-refractivity contribution < 1.29 is 19.1 Å². The van der Waals surface area contributed by atoms with Crippen LogP contribution < -0.4 is 20.3 Å². The van der Waals surface area contributed by atoms with Crippen LogP contribution in [0, 0.1) is 6.92 Å². The maximum absolute atomic E-state index is 13.7. The van der Waals surface area contributed by atoms with Crippen molar-refractivity contribution >= 4 is 45.7 Å². The molecule has 1 aliphatic heterocycles. The molecule has 11 nitrogen and oxygen atoms in total. The largest absolute Gasteiger partial charge is 0.480 e. The van der Waals surface area contributed by atoms with E-state index in [4.69, 9.17) is 9.47 Å². The molecule has 44 heavy (non-hydrogen) atoms. The molecular weight excluding hydrogens is 558 g/mol. The van der Waals surface area contributed by atoms with E-state index in [0.717, 1.165) is 43.3 Å². The first-order valence-corrected chi connectivity index (χ1v) is 15.0. The molecule has 0 bridgehead atoms. The smallest absolute Gasteiger partial charge is 0.419 e. The molecular formula is C33H39N7O4. The molecule has 1 aliphatic carbocycles. The van der Waals surface area contributed by atoms with E-state index in [9.17, 15) is 9.59 Å². The predicted octanol–water partition coefficient (Wildman–Crippen LogP) is 5.81. The number of nitrogens with one attached hydrogen (secondary N) is 2. The number of hydrogen-bond acceptors (Lipinski definition) is 9. The number of amides is 1. The van der Waals surface area contributed by atoms with Gasteiger partial charge in [-0.25, -0.2) is 9.78 Å². The molecule has 0 spiro atoms. The third-order valence-corrected chi connectivity index (χ3v) is 7.97. The second-order valence-electron chi connectivity index (χ2n) is 12.3.